The molecule has 2 heterocycles. The number of carbonyl (C=O) groups is 3. The molecule has 2 N–H and O–H groups in total. The van der Waals surface area contributed by atoms with Crippen LogP contribution in [0.25, 0.3) is 11.0 Å². The van der Waals surface area contributed by atoms with Crippen LogP contribution in [0.4, 0.5) is 23.7 Å². The van der Waals surface area contributed by atoms with Crippen molar-refractivity contribution in [2.75, 3.05) is 11.9 Å². The molecule has 2 aromatic carbocycles. The number of fused-ring (bicyclic) bond motifs is 1. The Kier molecular flexibility index (Phi) is 4.72. The zero-order chi connectivity index (χ0) is 22.4. The topological polar surface area (TPSA) is 91.7 Å². The van der Waals surface area contributed by atoms with Gasteiger partial charge < -0.3 is 15.1 Å². The van der Waals surface area contributed by atoms with E-state index in [9.17, 15) is 27.6 Å². The molecule has 31 heavy (non-hydrogen) atoms. The summed E-state index contributed by atoms with van der Waals surface area (Å²) in [5.74, 6) is -1.20. The Labute approximate surface area is 173 Å². The van der Waals surface area contributed by atoms with Gasteiger partial charge in [-0.15, -0.1) is 0 Å². The maximum Gasteiger partial charge on any atom is 0.416 e. The number of imide groups is 1. The lowest BCUT2D eigenvalue weighted by Gasteiger charge is -2.19. The third-order valence-electron chi connectivity index (χ3n) is 4.99. The summed E-state index contributed by atoms with van der Waals surface area (Å²) in [4.78, 5) is 38.3. The number of hydrogen-bond donors (Lipinski definition) is 2. The first-order valence-corrected chi connectivity index (χ1v) is 9.18. The Bertz CT molecular complexity index is 1150. The molecule has 1 aliphatic rings. The second-order valence-electron chi connectivity index (χ2n) is 7.22. The van der Waals surface area contributed by atoms with Gasteiger partial charge in [-0.3, -0.25) is 14.5 Å². The second-order valence-corrected chi connectivity index (χ2v) is 7.22. The molecule has 3 aromatic rings. The summed E-state index contributed by atoms with van der Waals surface area (Å²) in [6, 6.07) is 11.8. The highest BCUT2D eigenvalue weighted by molar-refractivity contribution is 6.10. The molecule has 0 saturated carbocycles. The predicted octanol–water partition coefficient (Wildman–Crippen LogP) is 3.86. The lowest BCUT2D eigenvalue weighted by molar-refractivity contribution is -0.137. The first-order chi connectivity index (χ1) is 14.6. The fourth-order valence-electron chi connectivity index (χ4n) is 3.32. The summed E-state index contributed by atoms with van der Waals surface area (Å²) in [7, 11) is 0. The van der Waals surface area contributed by atoms with E-state index in [2.05, 4.69) is 10.6 Å². The van der Waals surface area contributed by atoms with Crippen molar-refractivity contribution >= 4 is 34.5 Å². The van der Waals surface area contributed by atoms with E-state index in [-0.39, 0.29) is 11.4 Å². The molecule has 0 bridgehead atoms. The van der Waals surface area contributed by atoms with Crippen LogP contribution in [0.2, 0.25) is 0 Å². The first-order valence-electron chi connectivity index (χ1n) is 9.18. The van der Waals surface area contributed by atoms with E-state index < -0.39 is 41.7 Å². The molecule has 0 aliphatic carbocycles. The van der Waals surface area contributed by atoms with Gasteiger partial charge in [0.05, 0.1) is 5.56 Å². The number of anilines is 1. The highest BCUT2D eigenvalue weighted by Gasteiger charge is 2.51. The van der Waals surface area contributed by atoms with Gasteiger partial charge in [-0.25, -0.2) is 4.79 Å². The minimum atomic E-state index is -4.50. The second kappa shape index (κ2) is 7.15. The number of rotatable bonds is 4. The summed E-state index contributed by atoms with van der Waals surface area (Å²) in [6.45, 7) is 0.861. The summed E-state index contributed by atoms with van der Waals surface area (Å²) in [6.07, 6.45) is -4.50. The van der Waals surface area contributed by atoms with Crippen LogP contribution in [-0.2, 0) is 21.3 Å². The standard InChI is InChI=1S/C21H16F3N3O4/c1-20(16-10-12-4-2-3-5-15(12)31-16)18(29)27(19(30)26-20)11-17(28)25-14-8-6-13(7-9-14)21(22,23)24/h2-10H,11H2,1H3,(H,25,28)(H,26,30). The molecule has 1 atom stereocenters. The smallest absolute Gasteiger partial charge is 0.416 e. The van der Waals surface area contributed by atoms with E-state index in [1.54, 1.807) is 30.3 Å². The fourth-order valence-corrected chi connectivity index (χ4v) is 3.32. The third-order valence-corrected chi connectivity index (χ3v) is 4.99. The van der Waals surface area contributed by atoms with Crippen molar-refractivity contribution in [2.24, 2.45) is 0 Å². The van der Waals surface area contributed by atoms with Crippen molar-refractivity contribution in [2.45, 2.75) is 18.6 Å². The number of alkyl halides is 3. The fraction of sp³-hybridized carbons (Fsp3) is 0.190. The molecular weight excluding hydrogens is 415 g/mol. The molecule has 1 unspecified atom stereocenters. The number of furan rings is 1. The minimum Gasteiger partial charge on any atom is -0.458 e. The monoisotopic (exact) mass is 431 g/mol. The van der Waals surface area contributed by atoms with Crippen LogP contribution in [0, 0.1) is 0 Å². The van der Waals surface area contributed by atoms with E-state index in [1.165, 1.54) is 6.92 Å². The molecule has 0 radical (unpaired) electrons. The molecule has 4 rings (SSSR count). The number of amides is 4. The van der Waals surface area contributed by atoms with Crippen molar-refractivity contribution in [1.82, 2.24) is 10.2 Å². The lowest BCUT2D eigenvalue weighted by Crippen LogP contribution is -2.41. The first kappa shape index (κ1) is 20.5. The number of halogens is 3. The molecule has 160 valence electrons. The molecular formula is C21H16F3N3O4. The molecule has 1 aliphatic heterocycles. The summed E-state index contributed by atoms with van der Waals surface area (Å²) in [5.41, 5.74) is -1.71. The van der Waals surface area contributed by atoms with Gasteiger partial charge in [0.25, 0.3) is 5.91 Å². The third kappa shape index (κ3) is 3.72. The van der Waals surface area contributed by atoms with Gasteiger partial charge in [0.2, 0.25) is 5.91 Å². The number of urea groups is 1. The van der Waals surface area contributed by atoms with Crippen molar-refractivity contribution in [1.29, 1.82) is 0 Å². The number of nitrogens with zero attached hydrogens (tertiary/aromatic N) is 1. The van der Waals surface area contributed by atoms with Crippen molar-refractivity contribution in [3.63, 3.8) is 0 Å². The van der Waals surface area contributed by atoms with Crippen molar-refractivity contribution in [3.8, 4) is 0 Å². The summed E-state index contributed by atoms with van der Waals surface area (Å²) >= 11 is 0. The number of benzene rings is 2. The van der Waals surface area contributed by atoms with Gasteiger partial charge in [0, 0.05) is 11.1 Å². The van der Waals surface area contributed by atoms with Crippen LogP contribution in [0.1, 0.15) is 18.2 Å². The van der Waals surface area contributed by atoms with Gasteiger partial charge in [-0.2, -0.15) is 13.2 Å². The quantitative estimate of drug-likeness (QED) is 0.614. The van der Waals surface area contributed by atoms with Gasteiger partial charge in [0.15, 0.2) is 5.54 Å². The zero-order valence-corrected chi connectivity index (χ0v) is 16.1. The molecule has 1 saturated heterocycles. The number of carbonyl (C=O) groups excluding carboxylic acids is 3. The highest BCUT2D eigenvalue weighted by atomic mass is 19.4. The van der Waals surface area contributed by atoms with Crippen LogP contribution in [0.3, 0.4) is 0 Å². The number of hydrogen-bond acceptors (Lipinski definition) is 4. The molecule has 1 fully saturated rings. The maximum absolute atomic E-state index is 12.9. The average Bonchev–Trinajstić information content (AvgIpc) is 3.24. The van der Waals surface area contributed by atoms with Gasteiger partial charge >= 0.3 is 12.2 Å². The summed E-state index contributed by atoms with van der Waals surface area (Å²) in [5, 5.41) is 5.66. The Hall–Kier alpha value is -3.82. The van der Waals surface area contributed by atoms with Crippen molar-refractivity contribution < 1.29 is 32.0 Å². The Morgan fingerprint density at radius 1 is 1.13 bits per heavy atom. The van der Waals surface area contributed by atoms with E-state index in [0.717, 1.165) is 34.6 Å². The van der Waals surface area contributed by atoms with Crippen LogP contribution >= 0.6 is 0 Å². The normalized spacial score (nSPS) is 19.0. The molecule has 1 aromatic heterocycles. The number of para-hydroxylation sites is 1. The van der Waals surface area contributed by atoms with E-state index in [1.807, 2.05) is 0 Å². The Morgan fingerprint density at radius 3 is 2.45 bits per heavy atom. The van der Waals surface area contributed by atoms with Crippen LogP contribution in [0.15, 0.2) is 59.0 Å². The van der Waals surface area contributed by atoms with Gasteiger partial charge in [0.1, 0.15) is 17.9 Å². The average molecular weight is 431 g/mol. The zero-order valence-electron chi connectivity index (χ0n) is 16.1. The van der Waals surface area contributed by atoms with E-state index in [0.29, 0.717) is 5.58 Å². The molecule has 4 amide bonds. The van der Waals surface area contributed by atoms with Crippen molar-refractivity contribution in [3.05, 3.63) is 65.9 Å². The number of nitrogens with one attached hydrogen (secondary N) is 2. The Balaban J connectivity index is 1.48. The largest absolute Gasteiger partial charge is 0.458 e. The van der Waals surface area contributed by atoms with Crippen LogP contribution < -0.4 is 10.6 Å². The Morgan fingerprint density at radius 2 is 1.81 bits per heavy atom. The van der Waals surface area contributed by atoms with E-state index in [4.69, 9.17) is 4.42 Å². The molecule has 10 heteroatoms. The lowest BCUT2D eigenvalue weighted by atomic mass is 9.99. The predicted molar refractivity (Wildman–Crippen MR) is 104 cm³/mol. The van der Waals surface area contributed by atoms with Crippen LogP contribution in [0.5, 0.6) is 0 Å². The maximum atomic E-state index is 12.9. The SMILES string of the molecule is CC1(c2cc3ccccc3o2)NC(=O)N(CC(=O)Nc2ccc(C(F)(F)F)cc2)C1=O. The van der Waals surface area contributed by atoms with E-state index >= 15 is 0 Å². The molecule has 0 spiro atoms. The summed E-state index contributed by atoms with van der Waals surface area (Å²) < 4.78 is 43.6. The van der Waals surface area contributed by atoms with Crippen LogP contribution in [-0.4, -0.2) is 29.3 Å². The highest BCUT2D eigenvalue weighted by Crippen LogP contribution is 2.33. The minimum absolute atomic E-state index is 0.102. The molecule has 7 nitrogen and oxygen atoms in total. The van der Waals surface area contributed by atoms with Gasteiger partial charge in [-0.05, 0) is 43.3 Å². The van der Waals surface area contributed by atoms with Gasteiger partial charge in [-0.1, -0.05) is 18.2 Å².